The molecule has 0 fully saturated rings. The van der Waals surface area contributed by atoms with E-state index in [1.54, 1.807) is 12.1 Å². The van der Waals surface area contributed by atoms with E-state index in [9.17, 15) is 8.42 Å². The van der Waals surface area contributed by atoms with Crippen LogP contribution in [-0.4, -0.2) is 37.8 Å². The first kappa shape index (κ1) is 15.4. The molecule has 0 unspecified atom stereocenters. The lowest BCUT2D eigenvalue weighted by atomic mass is 10.3. The Morgan fingerprint density at radius 3 is 2.57 bits per heavy atom. The van der Waals surface area contributed by atoms with Crippen molar-refractivity contribution < 1.29 is 13.2 Å². The number of imidazole rings is 1. The average Bonchev–Trinajstić information content (AvgIpc) is 2.94. The molecule has 2 aromatic carbocycles. The third kappa shape index (κ3) is 3.81. The number of aromatic amines is 1. The number of ether oxygens (including phenoxy) is 1. The summed E-state index contributed by atoms with van der Waals surface area (Å²) in [4.78, 5) is 7.86. The number of hydrogen-bond donors (Lipinski definition) is 2. The molecular weight excluding hydrogens is 314 g/mol. The summed E-state index contributed by atoms with van der Waals surface area (Å²) in [6.07, 6.45) is 1.18. The van der Waals surface area contributed by atoms with Gasteiger partial charge >= 0.3 is 0 Å². The molecule has 0 radical (unpaired) electrons. The van der Waals surface area contributed by atoms with Gasteiger partial charge in [-0.1, -0.05) is 12.1 Å². The minimum atomic E-state index is -3.17. The van der Waals surface area contributed by atoms with Gasteiger partial charge in [-0.2, -0.15) is 0 Å². The summed E-state index contributed by atoms with van der Waals surface area (Å²) in [6, 6.07) is 14.2. The van der Waals surface area contributed by atoms with Gasteiger partial charge in [-0.15, -0.1) is 0 Å². The first-order valence-electron chi connectivity index (χ1n) is 7.14. The van der Waals surface area contributed by atoms with Crippen LogP contribution in [0.15, 0.2) is 53.4 Å². The highest BCUT2D eigenvalue weighted by atomic mass is 32.2. The fourth-order valence-corrected chi connectivity index (χ4v) is 2.79. The maximum absolute atomic E-state index is 11.4. The monoisotopic (exact) mass is 331 g/mol. The average molecular weight is 331 g/mol. The van der Waals surface area contributed by atoms with E-state index in [1.165, 1.54) is 18.4 Å². The second kappa shape index (κ2) is 6.29. The van der Waals surface area contributed by atoms with Crippen molar-refractivity contribution >= 4 is 26.8 Å². The van der Waals surface area contributed by atoms with Crippen LogP contribution in [-0.2, 0) is 9.84 Å². The second-order valence-electron chi connectivity index (χ2n) is 5.12. The first-order valence-corrected chi connectivity index (χ1v) is 9.03. The highest BCUT2D eigenvalue weighted by Gasteiger charge is 2.06. The summed E-state index contributed by atoms with van der Waals surface area (Å²) in [5, 5.41) is 3.15. The van der Waals surface area contributed by atoms with Crippen molar-refractivity contribution in [2.24, 2.45) is 0 Å². The molecule has 0 saturated heterocycles. The van der Waals surface area contributed by atoms with Crippen LogP contribution in [0.3, 0.4) is 0 Å². The van der Waals surface area contributed by atoms with E-state index < -0.39 is 9.84 Å². The Morgan fingerprint density at radius 2 is 1.87 bits per heavy atom. The van der Waals surface area contributed by atoms with Gasteiger partial charge in [0.25, 0.3) is 0 Å². The van der Waals surface area contributed by atoms with Gasteiger partial charge in [-0.25, -0.2) is 13.4 Å². The molecule has 2 N–H and O–H groups in total. The summed E-state index contributed by atoms with van der Waals surface area (Å²) in [7, 11) is -3.17. The maximum atomic E-state index is 11.4. The maximum Gasteiger partial charge on any atom is 0.201 e. The number of aromatic nitrogens is 2. The van der Waals surface area contributed by atoms with Crippen LogP contribution in [0.4, 0.5) is 5.95 Å². The molecule has 0 bridgehead atoms. The number of anilines is 1. The van der Waals surface area contributed by atoms with Crippen molar-refractivity contribution in [3.8, 4) is 5.75 Å². The molecule has 0 aliphatic carbocycles. The summed E-state index contributed by atoms with van der Waals surface area (Å²) in [5.41, 5.74) is 1.89. The van der Waals surface area contributed by atoms with Crippen LogP contribution in [0, 0.1) is 0 Å². The minimum absolute atomic E-state index is 0.283. The number of para-hydroxylation sites is 2. The van der Waals surface area contributed by atoms with Gasteiger partial charge < -0.3 is 15.0 Å². The fourth-order valence-electron chi connectivity index (χ4n) is 2.16. The first-order chi connectivity index (χ1) is 11.0. The number of H-pyrrole nitrogens is 1. The summed E-state index contributed by atoms with van der Waals surface area (Å²) < 4.78 is 28.3. The summed E-state index contributed by atoms with van der Waals surface area (Å²) in [5.74, 6) is 1.33. The summed E-state index contributed by atoms with van der Waals surface area (Å²) in [6.45, 7) is 1.02. The Balaban J connectivity index is 1.51. The lowest BCUT2D eigenvalue weighted by molar-refractivity contribution is 0.332. The molecule has 7 heteroatoms. The molecule has 0 amide bonds. The molecule has 1 aromatic heterocycles. The van der Waals surface area contributed by atoms with E-state index in [2.05, 4.69) is 15.3 Å². The van der Waals surface area contributed by atoms with E-state index in [0.29, 0.717) is 24.8 Å². The number of fused-ring (bicyclic) bond motifs is 1. The molecule has 6 nitrogen and oxygen atoms in total. The summed E-state index contributed by atoms with van der Waals surface area (Å²) >= 11 is 0. The van der Waals surface area contributed by atoms with Gasteiger partial charge in [0.1, 0.15) is 12.4 Å². The van der Waals surface area contributed by atoms with Crippen LogP contribution >= 0.6 is 0 Å². The Hall–Kier alpha value is -2.54. The predicted molar refractivity (Wildman–Crippen MR) is 89.6 cm³/mol. The zero-order valence-corrected chi connectivity index (χ0v) is 13.4. The number of nitrogens with one attached hydrogen (secondary N) is 2. The smallest absolute Gasteiger partial charge is 0.201 e. The molecule has 23 heavy (non-hydrogen) atoms. The van der Waals surface area contributed by atoms with Gasteiger partial charge in [0, 0.05) is 6.26 Å². The van der Waals surface area contributed by atoms with Crippen LogP contribution in [0.2, 0.25) is 0 Å². The molecule has 0 aliphatic heterocycles. The normalized spacial score (nSPS) is 11.5. The molecule has 0 aliphatic rings. The largest absolute Gasteiger partial charge is 0.492 e. The Kier molecular flexibility index (Phi) is 4.20. The van der Waals surface area contributed by atoms with Gasteiger partial charge in [-0.05, 0) is 36.4 Å². The van der Waals surface area contributed by atoms with Crippen molar-refractivity contribution in [1.29, 1.82) is 0 Å². The Morgan fingerprint density at radius 1 is 1.13 bits per heavy atom. The molecule has 0 saturated carbocycles. The quantitative estimate of drug-likeness (QED) is 0.678. The van der Waals surface area contributed by atoms with Crippen molar-refractivity contribution in [2.45, 2.75) is 4.90 Å². The molecule has 3 aromatic rings. The SMILES string of the molecule is CS(=O)(=O)c1ccc(OCCNc2nc3ccccc3[nH]2)cc1. The molecule has 3 rings (SSSR count). The highest BCUT2D eigenvalue weighted by Crippen LogP contribution is 2.16. The number of nitrogens with zero attached hydrogens (tertiary/aromatic N) is 1. The number of benzene rings is 2. The number of sulfone groups is 1. The van der Waals surface area contributed by atoms with Crippen molar-refractivity contribution in [3.05, 3.63) is 48.5 Å². The van der Waals surface area contributed by atoms with Crippen molar-refractivity contribution in [1.82, 2.24) is 9.97 Å². The second-order valence-corrected chi connectivity index (χ2v) is 7.14. The zero-order chi connectivity index (χ0) is 16.3. The van der Waals surface area contributed by atoms with E-state index in [-0.39, 0.29) is 4.90 Å². The fraction of sp³-hybridized carbons (Fsp3) is 0.188. The molecule has 0 atom stereocenters. The lowest BCUT2D eigenvalue weighted by Crippen LogP contribution is -2.12. The lowest BCUT2D eigenvalue weighted by Gasteiger charge is -2.07. The molecule has 120 valence electrons. The Labute approximate surface area is 134 Å². The predicted octanol–water partition coefficient (Wildman–Crippen LogP) is 2.46. The highest BCUT2D eigenvalue weighted by molar-refractivity contribution is 7.90. The van der Waals surface area contributed by atoms with Crippen molar-refractivity contribution in [2.75, 3.05) is 24.7 Å². The standard InChI is InChI=1S/C16H17N3O3S/c1-23(20,21)13-8-6-12(7-9-13)22-11-10-17-16-18-14-4-2-3-5-15(14)19-16/h2-9H,10-11H2,1H3,(H2,17,18,19). The van der Waals surface area contributed by atoms with Crippen molar-refractivity contribution in [3.63, 3.8) is 0 Å². The van der Waals surface area contributed by atoms with E-state index in [1.807, 2.05) is 24.3 Å². The van der Waals surface area contributed by atoms with Gasteiger partial charge in [-0.3, -0.25) is 0 Å². The van der Waals surface area contributed by atoms with Gasteiger partial charge in [0.05, 0.1) is 22.5 Å². The minimum Gasteiger partial charge on any atom is -0.492 e. The van der Waals surface area contributed by atoms with E-state index >= 15 is 0 Å². The number of rotatable bonds is 6. The van der Waals surface area contributed by atoms with Crippen LogP contribution in [0.1, 0.15) is 0 Å². The third-order valence-electron chi connectivity index (χ3n) is 3.30. The van der Waals surface area contributed by atoms with E-state index in [0.717, 1.165) is 11.0 Å². The Bertz CT molecular complexity index is 869. The van der Waals surface area contributed by atoms with Crippen LogP contribution in [0.25, 0.3) is 11.0 Å². The van der Waals surface area contributed by atoms with E-state index in [4.69, 9.17) is 4.74 Å². The zero-order valence-electron chi connectivity index (χ0n) is 12.6. The van der Waals surface area contributed by atoms with Crippen LogP contribution in [0.5, 0.6) is 5.75 Å². The van der Waals surface area contributed by atoms with Gasteiger partial charge in [0.15, 0.2) is 9.84 Å². The van der Waals surface area contributed by atoms with Crippen LogP contribution < -0.4 is 10.1 Å². The van der Waals surface area contributed by atoms with Gasteiger partial charge in [0.2, 0.25) is 5.95 Å². The molecule has 1 heterocycles. The molecule has 0 spiro atoms. The number of hydrogen-bond acceptors (Lipinski definition) is 5. The topological polar surface area (TPSA) is 84.1 Å². The third-order valence-corrected chi connectivity index (χ3v) is 4.43. The molecular formula is C16H17N3O3S.